The molecular formula is C11H21NO4. The fourth-order valence-electron chi connectivity index (χ4n) is 2.54. The van der Waals surface area contributed by atoms with Crippen molar-refractivity contribution in [1.82, 2.24) is 5.32 Å². The van der Waals surface area contributed by atoms with Crippen LogP contribution in [-0.2, 0) is 9.47 Å². The van der Waals surface area contributed by atoms with Crippen LogP contribution in [0.15, 0.2) is 0 Å². The van der Waals surface area contributed by atoms with E-state index in [4.69, 9.17) is 9.47 Å². The highest BCUT2D eigenvalue weighted by Gasteiger charge is 2.47. The van der Waals surface area contributed by atoms with Gasteiger partial charge in [0.15, 0.2) is 5.79 Å². The Morgan fingerprint density at radius 1 is 1.38 bits per heavy atom. The Hall–Kier alpha value is -0.200. The monoisotopic (exact) mass is 231 g/mol. The second-order valence-corrected chi connectivity index (χ2v) is 5.01. The van der Waals surface area contributed by atoms with E-state index in [1.54, 1.807) is 0 Å². The van der Waals surface area contributed by atoms with Gasteiger partial charge in [0.2, 0.25) is 0 Å². The lowest BCUT2D eigenvalue weighted by molar-refractivity contribution is -0.154. The third-order valence-electron chi connectivity index (χ3n) is 3.23. The smallest absolute Gasteiger partial charge is 0.163 e. The zero-order valence-corrected chi connectivity index (χ0v) is 9.85. The first-order valence-electron chi connectivity index (χ1n) is 5.91. The number of hydrogen-bond acceptors (Lipinski definition) is 5. The second kappa shape index (κ2) is 4.58. The minimum Gasteiger partial charge on any atom is -0.394 e. The topological polar surface area (TPSA) is 71.0 Å². The fourth-order valence-corrected chi connectivity index (χ4v) is 2.54. The van der Waals surface area contributed by atoms with Crippen molar-refractivity contribution in [2.45, 2.75) is 56.8 Å². The van der Waals surface area contributed by atoms with Crippen LogP contribution in [0, 0.1) is 0 Å². The Kier molecular flexibility index (Phi) is 3.51. The lowest BCUT2D eigenvalue weighted by atomic mass is 9.94. The van der Waals surface area contributed by atoms with E-state index >= 15 is 0 Å². The molecule has 2 fully saturated rings. The lowest BCUT2D eigenvalue weighted by Crippen LogP contribution is -2.55. The molecule has 0 aromatic carbocycles. The zero-order valence-electron chi connectivity index (χ0n) is 9.85. The quantitative estimate of drug-likeness (QED) is 0.604. The molecular weight excluding hydrogens is 210 g/mol. The molecule has 2 rings (SSSR count). The van der Waals surface area contributed by atoms with Crippen LogP contribution in [0.5, 0.6) is 0 Å². The number of piperidine rings is 1. The maximum atomic E-state index is 9.93. The highest BCUT2D eigenvalue weighted by atomic mass is 16.8. The van der Waals surface area contributed by atoms with E-state index in [2.05, 4.69) is 5.32 Å². The molecule has 0 saturated carbocycles. The summed E-state index contributed by atoms with van der Waals surface area (Å²) in [6.45, 7) is 4.44. The van der Waals surface area contributed by atoms with Crippen molar-refractivity contribution in [2.24, 2.45) is 0 Å². The first-order valence-corrected chi connectivity index (χ1v) is 5.91. The molecule has 0 unspecified atom stereocenters. The van der Waals surface area contributed by atoms with Gasteiger partial charge in [0.1, 0.15) is 12.2 Å². The first kappa shape index (κ1) is 12.3. The summed E-state index contributed by atoms with van der Waals surface area (Å²) in [6, 6.07) is -0.146. The van der Waals surface area contributed by atoms with Crippen LogP contribution in [0.1, 0.15) is 26.7 Å². The van der Waals surface area contributed by atoms with Crippen LogP contribution in [0.25, 0.3) is 0 Å². The van der Waals surface area contributed by atoms with Gasteiger partial charge in [-0.05, 0) is 33.2 Å². The molecule has 0 aliphatic carbocycles. The summed E-state index contributed by atoms with van der Waals surface area (Å²) in [5.74, 6) is -0.684. The van der Waals surface area contributed by atoms with E-state index in [1.807, 2.05) is 13.8 Å². The summed E-state index contributed by atoms with van der Waals surface area (Å²) in [7, 11) is 0. The summed E-state index contributed by atoms with van der Waals surface area (Å²) in [4.78, 5) is 0. The zero-order chi connectivity index (χ0) is 11.8. The molecule has 0 bridgehead atoms. The molecule has 0 radical (unpaired) electrons. The van der Waals surface area contributed by atoms with Crippen LogP contribution in [-0.4, -0.2) is 53.5 Å². The average Bonchev–Trinajstić information content (AvgIpc) is 2.54. The Morgan fingerprint density at radius 3 is 2.75 bits per heavy atom. The van der Waals surface area contributed by atoms with E-state index in [-0.39, 0.29) is 24.9 Å². The Bertz CT molecular complexity index is 246. The molecule has 0 spiro atoms. The molecule has 5 heteroatoms. The second-order valence-electron chi connectivity index (χ2n) is 5.01. The minimum absolute atomic E-state index is 0.0843. The highest BCUT2D eigenvalue weighted by Crippen LogP contribution is 2.31. The summed E-state index contributed by atoms with van der Waals surface area (Å²) in [5.41, 5.74) is 0. The lowest BCUT2D eigenvalue weighted by Gasteiger charge is -2.34. The van der Waals surface area contributed by atoms with E-state index in [0.29, 0.717) is 0 Å². The van der Waals surface area contributed by atoms with Gasteiger partial charge in [-0.25, -0.2) is 0 Å². The van der Waals surface area contributed by atoms with Gasteiger partial charge in [0.05, 0.1) is 18.8 Å². The van der Waals surface area contributed by atoms with Gasteiger partial charge < -0.3 is 25.0 Å². The predicted molar refractivity (Wildman–Crippen MR) is 57.9 cm³/mol. The molecule has 2 aliphatic rings. The molecule has 5 nitrogen and oxygen atoms in total. The molecule has 2 aliphatic heterocycles. The van der Waals surface area contributed by atoms with Gasteiger partial charge in [0.25, 0.3) is 0 Å². The van der Waals surface area contributed by atoms with Crippen LogP contribution >= 0.6 is 0 Å². The highest BCUT2D eigenvalue weighted by molar-refractivity contribution is 4.95. The van der Waals surface area contributed by atoms with Crippen molar-refractivity contribution in [3.63, 3.8) is 0 Å². The van der Waals surface area contributed by atoms with Crippen LogP contribution in [0.2, 0.25) is 0 Å². The predicted octanol–water partition coefficient (Wildman–Crippen LogP) is -0.388. The number of ether oxygens (including phenoxy) is 2. The van der Waals surface area contributed by atoms with Crippen molar-refractivity contribution in [3.05, 3.63) is 0 Å². The average molecular weight is 231 g/mol. The molecule has 0 aromatic rings. The number of rotatable bonds is 2. The third-order valence-corrected chi connectivity index (χ3v) is 3.23. The van der Waals surface area contributed by atoms with E-state index < -0.39 is 11.9 Å². The molecule has 16 heavy (non-hydrogen) atoms. The van der Waals surface area contributed by atoms with Gasteiger partial charge in [-0.1, -0.05) is 0 Å². The summed E-state index contributed by atoms with van der Waals surface area (Å²) in [6.07, 6.45) is 0.676. The van der Waals surface area contributed by atoms with E-state index in [9.17, 15) is 10.2 Å². The first-order chi connectivity index (χ1) is 7.53. The molecule has 2 heterocycles. The van der Waals surface area contributed by atoms with Gasteiger partial charge in [0, 0.05) is 0 Å². The SMILES string of the molecule is CC1(C)O[C@@H]([C@@H]2NCCC[C@H]2O)[C@@H](CO)O1. The normalized spacial score (nSPS) is 43.5. The molecule has 94 valence electrons. The molecule has 3 N–H and O–H groups in total. The van der Waals surface area contributed by atoms with E-state index in [1.165, 1.54) is 0 Å². The van der Waals surface area contributed by atoms with E-state index in [0.717, 1.165) is 19.4 Å². The van der Waals surface area contributed by atoms with Crippen molar-refractivity contribution in [1.29, 1.82) is 0 Å². The van der Waals surface area contributed by atoms with Gasteiger partial charge in [-0.3, -0.25) is 0 Å². The number of hydrogen-bond donors (Lipinski definition) is 3. The number of aliphatic hydroxyl groups is 2. The Balaban J connectivity index is 2.06. The summed E-state index contributed by atoms with van der Waals surface area (Å²) in [5, 5.41) is 22.5. The number of nitrogens with one attached hydrogen (secondary N) is 1. The number of aliphatic hydroxyl groups excluding tert-OH is 2. The standard InChI is InChI=1S/C11H21NO4/c1-11(2)15-8(6-13)10(16-11)9-7(14)4-3-5-12-9/h7-10,12-14H,3-6H2,1-2H3/t7-,8-,9-,10-/m1/s1. The molecule has 2 saturated heterocycles. The van der Waals surface area contributed by atoms with Crippen LogP contribution in [0.4, 0.5) is 0 Å². The van der Waals surface area contributed by atoms with Crippen molar-refractivity contribution in [3.8, 4) is 0 Å². The van der Waals surface area contributed by atoms with Crippen LogP contribution < -0.4 is 5.32 Å². The Labute approximate surface area is 95.7 Å². The molecule has 0 aromatic heterocycles. The van der Waals surface area contributed by atoms with Crippen molar-refractivity contribution >= 4 is 0 Å². The Morgan fingerprint density at radius 2 is 2.12 bits per heavy atom. The maximum absolute atomic E-state index is 9.93. The van der Waals surface area contributed by atoms with Gasteiger partial charge in [-0.2, -0.15) is 0 Å². The van der Waals surface area contributed by atoms with Crippen LogP contribution in [0.3, 0.4) is 0 Å². The van der Waals surface area contributed by atoms with Crippen molar-refractivity contribution < 1.29 is 19.7 Å². The largest absolute Gasteiger partial charge is 0.394 e. The van der Waals surface area contributed by atoms with Gasteiger partial charge >= 0.3 is 0 Å². The third kappa shape index (κ3) is 2.38. The minimum atomic E-state index is -0.684. The molecule has 4 atom stereocenters. The fraction of sp³-hybridized carbons (Fsp3) is 1.00. The maximum Gasteiger partial charge on any atom is 0.163 e. The molecule has 0 amide bonds. The van der Waals surface area contributed by atoms with Gasteiger partial charge in [-0.15, -0.1) is 0 Å². The summed E-state index contributed by atoms with van der Waals surface area (Å²) < 4.78 is 11.3. The van der Waals surface area contributed by atoms with Crippen molar-refractivity contribution in [2.75, 3.05) is 13.2 Å². The summed E-state index contributed by atoms with van der Waals surface area (Å²) >= 11 is 0.